The van der Waals surface area contributed by atoms with Crippen molar-refractivity contribution >= 4 is 22.0 Å². The second-order valence-corrected chi connectivity index (χ2v) is 7.05. The monoisotopic (exact) mass is 375 g/mol. The van der Waals surface area contributed by atoms with Crippen molar-refractivity contribution in [3.63, 3.8) is 0 Å². The van der Waals surface area contributed by atoms with Crippen molar-refractivity contribution in [2.45, 2.75) is 6.42 Å². The summed E-state index contributed by atoms with van der Waals surface area (Å²) in [4.78, 5) is 0. The Morgan fingerprint density at radius 3 is 2.14 bits per heavy atom. The van der Waals surface area contributed by atoms with E-state index >= 15 is 0 Å². The molecular weight excluding hydrogens is 350 g/mol. The van der Waals surface area contributed by atoms with Crippen molar-refractivity contribution in [1.82, 2.24) is 5.32 Å². The Morgan fingerprint density at radius 2 is 1.38 bits per heavy atom. The van der Waals surface area contributed by atoms with E-state index in [1.807, 2.05) is 7.05 Å². The zero-order valence-electron chi connectivity index (χ0n) is 16.7. The van der Waals surface area contributed by atoms with Gasteiger partial charge in [0.1, 0.15) is 0 Å². The second-order valence-electron chi connectivity index (χ2n) is 7.05. The van der Waals surface area contributed by atoms with Gasteiger partial charge in [-0.25, -0.2) is 0 Å². The van der Waals surface area contributed by atoms with E-state index in [-0.39, 0.29) is 0 Å². The first-order valence-electron chi connectivity index (χ1n) is 10.0. The van der Waals surface area contributed by atoms with Gasteiger partial charge >= 0.3 is 0 Å². The molecule has 0 aliphatic rings. The van der Waals surface area contributed by atoms with Crippen LogP contribution < -0.4 is 5.32 Å². The fourth-order valence-corrected chi connectivity index (χ4v) is 3.63. The van der Waals surface area contributed by atoms with Crippen molar-refractivity contribution in [3.8, 4) is 0 Å². The Morgan fingerprint density at radius 1 is 0.724 bits per heavy atom. The predicted octanol–water partition coefficient (Wildman–Crippen LogP) is 6.73. The molecule has 0 unspecified atom stereocenters. The van der Waals surface area contributed by atoms with Gasteiger partial charge in [-0.05, 0) is 40.0 Å². The van der Waals surface area contributed by atoms with Crippen LogP contribution in [-0.4, -0.2) is 7.05 Å². The molecule has 4 aromatic rings. The van der Waals surface area contributed by atoms with Crippen LogP contribution in [-0.2, 0) is 6.42 Å². The van der Waals surface area contributed by atoms with Gasteiger partial charge in [0.15, 0.2) is 0 Å². The van der Waals surface area contributed by atoms with Crippen LogP contribution in [0.2, 0.25) is 0 Å². The number of hydrogen-bond donors (Lipinski definition) is 1. The van der Waals surface area contributed by atoms with Crippen molar-refractivity contribution in [2.75, 3.05) is 7.05 Å². The second kappa shape index (κ2) is 9.07. The highest BCUT2D eigenvalue weighted by atomic mass is 14.8. The largest absolute Gasteiger partial charge is 0.388 e. The summed E-state index contributed by atoms with van der Waals surface area (Å²) in [5, 5.41) is 5.94. The molecule has 0 heterocycles. The lowest BCUT2D eigenvalue weighted by Gasteiger charge is -2.13. The molecule has 0 saturated heterocycles. The van der Waals surface area contributed by atoms with Gasteiger partial charge in [0, 0.05) is 18.3 Å². The molecule has 1 N–H and O–H groups in total. The molecule has 0 fully saturated rings. The van der Waals surface area contributed by atoms with Crippen LogP contribution in [0, 0.1) is 0 Å². The lowest BCUT2D eigenvalue weighted by molar-refractivity contribution is 1.13. The fraction of sp³-hybridized carbons (Fsp3) is 0.0714. The molecule has 0 atom stereocenters. The predicted molar refractivity (Wildman–Crippen MR) is 126 cm³/mol. The van der Waals surface area contributed by atoms with Crippen molar-refractivity contribution in [3.05, 3.63) is 132 Å². The number of hydrogen-bond acceptors (Lipinski definition) is 1. The number of allylic oxidation sites excluding steroid dienone is 3. The van der Waals surface area contributed by atoms with Crippen LogP contribution in [0.25, 0.3) is 22.0 Å². The molecule has 1 nitrogen and oxygen atoms in total. The van der Waals surface area contributed by atoms with Crippen molar-refractivity contribution < 1.29 is 0 Å². The summed E-state index contributed by atoms with van der Waals surface area (Å²) in [5.74, 6) is 0. The summed E-state index contributed by atoms with van der Waals surface area (Å²) in [7, 11) is 1.99. The molecule has 0 aliphatic carbocycles. The highest BCUT2D eigenvalue weighted by Crippen LogP contribution is 2.27. The van der Waals surface area contributed by atoms with Gasteiger partial charge in [-0.2, -0.15) is 0 Å². The van der Waals surface area contributed by atoms with Gasteiger partial charge in [-0.3, -0.25) is 0 Å². The van der Waals surface area contributed by atoms with Crippen molar-refractivity contribution in [2.24, 2.45) is 0 Å². The Labute approximate surface area is 173 Å². The molecule has 4 rings (SSSR count). The highest BCUT2D eigenvalue weighted by molar-refractivity contribution is 5.96. The third-order valence-electron chi connectivity index (χ3n) is 5.16. The van der Waals surface area contributed by atoms with Gasteiger partial charge in [-0.1, -0.05) is 109 Å². The van der Waals surface area contributed by atoms with Crippen LogP contribution in [0.1, 0.15) is 16.7 Å². The molecule has 0 aliphatic heterocycles. The van der Waals surface area contributed by atoms with Crippen LogP contribution in [0.4, 0.5) is 0 Å². The summed E-state index contributed by atoms with van der Waals surface area (Å²) in [6.07, 6.45) is 5.47. The van der Waals surface area contributed by atoms with E-state index in [9.17, 15) is 0 Å². The molecular formula is C28H25N. The maximum atomic E-state index is 3.43. The Bertz CT molecular complexity index is 1130. The maximum absolute atomic E-state index is 3.43. The van der Waals surface area contributed by atoms with Crippen LogP contribution >= 0.6 is 0 Å². The van der Waals surface area contributed by atoms with E-state index in [0.29, 0.717) is 0 Å². The van der Waals surface area contributed by atoms with Gasteiger partial charge in [0.25, 0.3) is 0 Å². The van der Waals surface area contributed by atoms with Gasteiger partial charge in [-0.15, -0.1) is 0 Å². The molecule has 142 valence electrons. The summed E-state index contributed by atoms with van der Waals surface area (Å²) in [5.41, 5.74) is 6.07. The van der Waals surface area contributed by atoms with Gasteiger partial charge < -0.3 is 5.32 Å². The Balaban J connectivity index is 1.79. The van der Waals surface area contributed by atoms with Crippen molar-refractivity contribution in [1.29, 1.82) is 0 Å². The minimum absolute atomic E-state index is 0.897. The minimum atomic E-state index is 0.897. The third-order valence-corrected chi connectivity index (χ3v) is 5.16. The SMILES string of the molecule is CN/C(=C\C(=C/Cc1ccccc1)c1ccccc1)c1cccc2ccccc12. The first-order valence-corrected chi connectivity index (χ1v) is 10.0. The van der Waals surface area contributed by atoms with Crippen LogP contribution in [0.5, 0.6) is 0 Å². The smallest absolute Gasteiger partial charge is 0.0423 e. The van der Waals surface area contributed by atoms with E-state index in [0.717, 1.165) is 12.1 Å². The number of fused-ring (bicyclic) bond motifs is 1. The molecule has 0 bridgehead atoms. The van der Waals surface area contributed by atoms with E-state index in [2.05, 4.69) is 121 Å². The van der Waals surface area contributed by atoms with Crippen LogP contribution in [0.3, 0.4) is 0 Å². The molecule has 1 heteroatoms. The summed E-state index contributed by atoms with van der Waals surface area (Å²) in [6.45, 7) is 0. The summed E-state index contributed by atoms with van der Waals surface area (Å²) >= 11 is 0. The molecule has 4 aromatic carbocycles. The number of benzene rings is 4. The Hall–Kier alpha value is -3.58. The quantitative estimate of drug-likeness (QED) is 0.369. The number of rotatable bonds is 6. The normalized spacial score (nSPS) is 12.2. The lowest BCUT2D eigenvalue weighted by Crippen LogP contribution is -2.05. The fourth-order valence-electron chi connectivity index (χ4n) is 3.63. The van der Waals surface area contributed by atoms with E-state index in [1.165, 1.54) is 33.0 Å². The highest BCUT2D eigenvalue weighted by Gasteiger charge is 2.07. The first kappa shape index (κ1) is 18.8. The summed E-state index contributed by atoms with van der Waals surface area (Å²) < 4.78 is 0. The third kappa shape index (κ3) is 4.47. The maximum Gasteiger partial charge on any atom is 0.0423 e. The first-order chi connectivity index (χ1) is 14.3. The van der Waals surface area contributed by atoms with Gasteiger partial charge in [0.2, 0.25) is 0 Å². The van der Waals surface area contributed by atoms with E-state index < -0.39 is 0 Å². The van der Waals surface area contributed by atoms with E-state index in [1.54, 1.807) is 0 Å². The topological polar surface area (TPSA) is 12.0 Å². The number of nitrogens with one attached hydrogen (secondary N) is 1. The molecule has 0 radical (unpaired) electrons. The molecule has 0 amide bonds. The molecule has 0 saturated carbocycles. The minimum Gasteiger partial charge on any atom is -0.388 e. The van der Waals surface area contributed by atoms with Crippen LogP contribution in [0.15, 0.2) is 115 Å². The standard InChI is InChI=1S/C28H25N/c1-29-28(27-18-10-16-24-15-8-9-17-26(24)27)21-25(23-13-6-3-7-14-23)20-19-22-11-4-2-5-12-22/h2-18,20-21,29H,19H2,1H3/b25-20+,28-21-. The summed E-state index contributed by atoms with van der Waals surface area (Å²) in [6, 6.07) is 36.2. The molecule has 0 spiro atoms. The molecule has 29 heavy (non-hydrogen) atoms. The molecule has 0 aromatic heterocycles. The average molecular weight is 376 g/mol. The lowest BCUT2D eigenvalue weighted by atomic mass is 9.97. The average Bonchev–Trinajstić information content (AvgIpc) is 2.80. The van der Waals surface area contributed by atoms with Gasteiger partial charge in [0.05, 0.1) is 0 Å². The zero-order chi connectivity index (χ0) is 19.9. The Kier molecular flexibility index (Phi) is 5.87. The van der Waals surface area contributed by atoms with E-state index in [4.69, 9.17) is 0 Å². The zero-order valence-corrected chi connectivity index (χ0v) is 16.7.